The minimum absolute atomic E-state index is 0.183. The van der Waals surface area contributed by atoms with E-state index in [1.54, 1.807) is 36.4 Å². The fourth-order valence-electron chi connectivity index (χ4n) is 2.47. The van der Waals surface area contributed by atoms with Gasteiger partial charge in [-0.1, -0.05) is 36.4 Å². The maximum absolute atomic E-state index is 13.1. The zero-order chi connectivity index (χ0) is 21.2. The van der Waals surface area contributed by atoms with Gasteiger partial charge >= 0.3 is 12.4 Å². The Labute approximate surface area is 155 Å². The van der Waals surface area contributed by atoms with E-state index in [2.05, 4.69) is 4.74 Å². The Kier molecular flexibility index (Phi) is 6.16. The predicted molar refractivity (Wildman–Crippen MR) is 84.8 cm³/mol. The van der Waals surface area contributed by atoms with E-state index in [0.717, 1.165) is 5.39 Å². The van der Waals surface area contributed by atoms with Crippen LogP contribution in [0.4, 0.5) is 26.3 Å². The lowest BCUT2D eigenvalue weighted by Gasteiger charge is -2.37. The second kappa shape index (κ2) is 7.76. The minimum atomic E-state index is -6.19. The average Bonchev–Trinajstić information content (AvgIpc) is 2.54. The Bertz CT molecular complexity index is 904. The second-order valence-corrected chi connectivity index (χ2v) is 7.10. The van der Waals surface area contributed by atoms with E-state index in [1.165, 1.54) is 6.07 Å². The number of hydrogen-bond donors (Lipinski definition) is 0. The van der Waals surface area contributed by atoms with Crippen molar-refractivity contribution >= 4 is 20.9 Å². The van der Waals surface area contributed by atoms with Gasteiger partial charge in [0.1, 0.15) is 12.4 Å². The summed E-state index contributed by atoms with van der Waals surface area (Å²) in [6.07, 6.45) is -12.4. The van der Waals surface area contributed by atoms with Crippen molar-refractivity contribution in [3.05, 3.63) is 42.5 Å². The predicted octanol–water partition coefficient (Wildman–Crippen LogP) is 3.64. The first kappa shape index (κ1) is 22.2. The smallest absolute Gasteiger partial charge is 0.427 e. The van der Waals surface area contributed by atoms with Gasteiger partial charge in [-0.05, 0) is 11.5 Å². The number of benzene rings is 2. The lowest BCUT2D eigenvalue weighted by atomic mass is 10.1. The topological polar surface area (TPSA) is 75.7 Å². The summed E-state index contributed by atoms with van der Waals surface area (Å²) in [6.45, 7) is -2.02. The van der Waals surface area contributed by atoms with E-state index in [0.29, 0.717) is 5.39 Å². The van der Waals surface area contributed by atoms with Crippen LogP contribution >= 0.6 is 0 Å². The fraction of sp³-hybridized carbons (Fsp3) is 0.375. The molecule has 0 aliphatic heterocycles. The molecule has 156 valence electrons. The normalized spacial score (nSPS) is 13.7. The van der Waals surface area contributed by atoms with Crippen LogP contribution in [0.25, 0.3) is 10.8 Å². The summed E-state index contributed by atoms with van der Waals surface area (Å²) >= 11 is 0. The summed E-state index contributed by atoms with van der Waals surface area (Å²) in [4.78, 5) is 0. The summed E-state index contributed by atoms with van der Waals surface area (Å²) in [6, 6.07) is 11.5. The zero-order valence-electron chi connectivity index (χ0n) is 13.9. The van der Waals surface area contributed by atoms with Crippen molar-refractivity contribution in [3.63, 3.8) is 0 Å². The third kappa shape index (κ3) is 4.86. The molecule has 0 spiro atoms. The molecule has 0 aliphatic carbocycles. The molecule has 5 nitrogen and oxygen atoms in total. The zero-order valence-corrected chi connectivity index (χ0v) is 14.7. The Morgan fingerprint density at radius 3 is 2.00 bits per heavy atom. The van der Waals surface area contributed by atoms with Crippen LogP contribution in [0.2, 0.25) is 0 Å². The molecule has 0 saturated heterocycles. The molecule has 0 aromatic heterocycles. The maximum Gasteiger partial charge on any atom is 0.427 e. The first-order valence-electron chi connectivity index (χ1n) is 7.58. The van der Waals surface area contributed by atoms with Gasteiger partial charge in [-0.2, -0.15) is 26.3 Å². The molecule has 2 aromatic rings. The van der Waals surface area contributed by atoms with E-state index < -0.39 is 47.0 Å². The number of ether oxygens (including phenoxy) is 2. The molecule has 2 aromatic carbocycles. The van der Waals surface area contributed by atoms with Gasteiger partial charge in [0.25, 0.3) is 5.60 Å². The summed E-state index contributed by atoms with van der Waals surface area (Å²) in [5, 5.41) is 1.28. The van der Waals surface area contributed by atoms with Crippen LogP contribution in [0.3, 0.4) is 0 Å². The molecule has 0 atom stereocenters. The molecule has 0 saturated carbocycles. The number of alkyl halides is 6. The Morgan fingerprint density at radius 2 is 1.43 bits per heavy atom. The van der Waals surface area contributed by atoms with Crippen molar-refractivity contribution in [1.82, 2.24) is 0 Å². The maximum atomic E-state index is 13.1. The highest BCUT2D eigenvalue weighted by Crippen LogP contribution is 2.46. The summed E-state index contributed by atoms with van der Waals surface area (Å²) in [5.74, 6) is -2.65. The molecule has 0 fully saturated rings. The number of fused-ring (bicyclic) bond motifs is 1. The van der Waals surface area contributed by atoms with Crippen molar-refractivity contribution in [2.75, 3.05) is 19.0 Å². The van der Waals surface area contributed by atoms with Gasteiger partial charge in [0.2, 0.25) is 0 Å². The Morgan fingerprint density at radius 1 is 0.857 bits per heavy atom. The largest absolute Gasteiger partial charge is 0.748 e. The van der Waals surface area contributed by atoms with Gasteiger partial charge in [-0.3, -0.25) is 0 Å². The van der Waals surface area contributed by atoms with E-state index in [4.69, 9.17) is 4.74 Å². The van der Waals surface area contributed by atoms with Crippen molar-refractivity contribution in [2.45, 2.75) is 18.0 Å². The third-order valence-corrected chi connectivity index (χ3v) is 4.49. The van der Waals surface area contributed by atoms with Crippen molar-refractivity contribution in [3.8, 4) is 5.75 Å². The highest BCUT2D eigenvalue weighted by atomic mass is 32.2. The highest BCUT2D eigenvalue weighted by Gasteiger charge is 2.73. The summed E-state index contributed by atoms with van der Waals surface area (Å²) in [7, 11) is -5.92. The highest BCUT2D eigenvalue weighted by molar-refractivity contribution is 7.85. The fourth-order valence-corrected chi connectivity index (χ4v) is 3.38. The standard InChI is InChI=1S/C16H14F6O5S/c17-15(18,19)14(16(20,21)22,10-28(23,24)25)27-9-8-26-13-7-3-5-11-4-1-2-6-12(11)13/h1-7H,8-10H2,(H,23,24,25)/p-1. The molecular formula is C16H13F6O5S-. The van der Waals surface area contributed by atoms with E-state index in [-0.39, 0.29) is 5.75 Å². The van der Waals surface area contributed by atoms with Gasteiger partial charge in [0.05, 0.1) is 22.5 Å². The molecule has 0 radical (unpaired) electrons. The first-order valence-corrected chi connectivity index (χ1v) is 9.16. The Balaban J connectivity index is 2.19. The van der Waals surface area contributed by atoms with Gasteiger partial charge in [0, 0.05) is 5.39 Å². The number of rotatable bonds is 7. The van der Waals surface area contributed by atoms with E-state index >= 15 is 0 Å². The summed E-state index contributed by atoms with van der Waals surface area (Å²) in [5.41, 5.74) is -5.15. The monoisotopic (exact) mass is 431 g/mol. The molecule has 0 aliphatic rings. The molecule has 0 N–H and O–H groups in total. The van der Waals surface area contributed by atoms with Crippen LogP contribution in [0, 0.1) is 0 Å². The lowest BCUT2D eigenvalue weighted by molar-refractivity contribution is -0.372. The first-order chi connectivity index (χ1) is 12.8. The van der Waals surface area contributed by atoms with Crippen LogP contribution in [0.5, 0.6) is 5.75 Å². The molecule has 28 heavy (non-hydrogen) atoms. The van der Waals surface area contributed by atoms with Gasteiger partial charge in [-0.25, -0.2) is 8.42 Å². The van der Waals surface area contributed by atoms with Crippen molar-refractivity contribution in [1.29, 1.82) is 0 Å². The second-order valence-electron chi connectivity index (χ2n) is 5.70. The van der Waals surface area contributed by atoms with E-state index in [9.17, 15) is 39.3 Å². The SMILES string of the molecule is O=S(=O)([O-])CC(OCCOc1cccc2ccccc12)(C(F)(F)F)C(F)(F)F. The lowest BCUT2D eigenvalue weighted by Crippen LogP contribution is -2.63. The van der Waals surface area contributed by atoms with Crippen LogP contribution < -0.4 is 4.74 Å². The third-order valence-electron chi connectivity index (χ3n) is 3.73. The van der Waals surface area contributed by atoms with Gasteiger partial charge < -0.3 is 14.0 Å². The molecule has 2 rings (SSSR count). The van der Waals surface area contributed by atoms with Crippen LogP contribution in [0.1, 0.15) is 0 Å². The summed E-state index contributed by atoms with van der Waals surface area (Å²) < 4.78 is 120. The average molecular weight is 431 g/mol. The van der Waals surface area contributed by atoms with Crippen molar-refractivity contribution in [2.24, 2.45) is 0 Å². The molecule has 0 heterocycles. The molecule has 0 bridgehead atoms. The Hall–Kier alpha value is -2.05. The molecule has 0 amide bonds. The van der Waals surface area contributed by atoms with Crippen LogP contribution in [-0.4, -0.2) is 49.9 Å². The van der Waals surface area contributed by atoms with Gasteiger partial charge in [-0.15, -0.1) is 0 Å². The molecule has 12 heteroatoms. The number of hydrogen-bond acceptors (Lipinski definition) is 5. The van der Waals surface area contributed by atoms with Crippen LogP contribution in [-0.2, 0) is 14.9 Å². The van der Waals surface area contributed by atoms with Crippen molar-refractivity contribution < 1.29 is 48.8 Å². The number of halogens is 6. The molecular weight excluding hydrogens is 418 g/mol. The quantitative estimate of drug-likeness (QED) is 0.380. The van der Waals surface area contributed by atoms with E-state index in [1.807, 2.05) is 0 Å². The van der Waals surface area contributed by atoms with Gasteiger partial charge in [0.15, 0.2) is 0 Å². The minimum Gasteiger partial charge on any atom is -0.748 e. The van der Waals surface area contributed by atoms with Crippen LogP contribution in [0.15, 0.2) is 42.5 Å². The molecule has 0 unspecified atom stereocenters.